The minimum absolute atomic E-state index is 0.162. The molecule has 5 nitrogen and oxygen atoms in total. The number of hydrogen-bond donors (Lipinski definition) is 2. The molecule has 1 amide bonds. The fourth-order valence-corrected chi connectivity index (χ4v) is 2.49. The first-order chi connectivity index (χ1) is 9.92. The van der Waals surface area contributed by atoms with Crippen LogP contribution in [-0.2, 0) is 0 Å². The first-order valence-electron chi connectivity index (χ1n) is 7.97. The number of rotatable bonds is 8. The Kier molecular flexibility index (Phi) is 6.40. The van der Waals surface area contributed by atoms with Gasteiger partial charge < -0.3 is 10.4 Å². The Labute approximate surface area is 127 Å². The van der Waals surface area contributed by atoms with Crippen molar-refractivity contribution in [3.63, 3.8) is 0 Å². The Morgan fingerprint density at radius 3 is 2.38 bits per heavy atom. The van der Waals surface area contributed by atoms with Gasteiger partial charge in [-0.1, -0.05) is 27.7 Å². The molecular weight excluding hydrogens is 266 g/mol. The van der Waals surface area contributed by atoms with Crippen molar-refractivity contribution in [1.29, 1.82) is 0 Å². The molecule has 0 radical (unpaired) electrons. The molecule has 1 heterocycles. The second-order valence-corrected chi connectivity index (χ2v) is 5.67. The lowest BCUT2D eigenvalue weighted by Crippen LogP contribution is -2.42. The molecule has 0 fully saturated rings. The van der Waals surface area contributed by atoms with Crippen molar-refractivity contribution < 1.29 is 9.90 Å². The summed E-state index contributed by atoms with van der Waals surface area (Å²) >= 11 is 0. The lowest BCUT2D eigenvalue weighted by Gasteiger charge is -2.25. The van der Waals surface area contributed by atoms with Gasteiger partial charge in [-0.2, -0.15) is 5.10 Å². The maximum Gasteiger partial charge on any atom is 0.254 e. The average molecular weight is 295 g/mol. The molecule has 0 saturated carbocycles. The van der Waals surface area contributed by atoms with Crippen LogP contribution in [0.3, 0.4) is 0 Å². The normalized spacial score (nSPS) is 12.0. The SMILES string of the molecule is CCC(CC)n1ncc(C(=O)NCC(O)(CC)CC)c1C. The molecule has 1 rings (SSSR count). The van der Waals surface area contributed by atoms with E-state index in [4.69, 9.17) is 0 Å². The summed E-state index contributed by atoms with van der Waals surface area (Å²) in [5, 5.41) is 17.4. The fourth-order valence-electron chi connectivity index (χ4n) is 2.49. The fraction of sp³-hybridized carbons (Fsp3) is 0.750. The van der Waals surface area contributed by atoms with E-state index in [9.17, 15) is 9.90 Å². The zero-order valence-electron chi connectivity index (χ0n) is 13.9. The van der Waals surface area contributed by atoms with Crippen LogP contribution in [0.4, 0.5) is 0 Å². The second-order valence-electron chi connectivity index (χ2n) is 5.67. The molecule has 5 heteroatoms. The van der Waals surface area contributed by atoms with Gasteiger partial charge in [-0.15, -0.1) is 0 Å². The summed E-state index contributed by atoms with van der Waals surface area (Å²) in [5.74, 6) is -0.162. The van der Waals surface area contributed by atoms with Gasteiger partial charge in [0.05, 0.1) is 23.4 Å². The van der Waals surface area contributed by atoms with Crippen LogP contribution in [0, 0.1) is 6.92 Å². The predicted octanol–water partition coefficient (Wildman–Crippen LogP) is 2.83. The molecule has 0 saturated heterocycles. The third-order valence-corrected chi connectivity index (χ3v) is 4.47. The average Bonchev–Trinajstić information content (AvgIpc) is 2.88. The summed E-state index contributed by atoms with van der Waals surface area (Å²) in [6.07, 6.45) is 4.85. The number of carbonyl (C=O) groups excluding carboxylic acids is 1. The van der Waals surface area contributed by atoms with Crippen LogP contribution in [0.15, 0.2) is 6.20 Å². The van der Waals surface area contributed by atoms with Crippen molar-refractivity contribution in [3.8, 4) is 0 Å². The molecule has 0 unspecified atom stereocenters. The van der Waals surface area contributed by atoms with Crippen LogP contribution in [0.2, 0.25) is 0 Å². The van der Waals surface area contributed by atoms with Gasteiger partial charge in [0.25, 0.3) is 5.91 Å². The van der Waals surface area contributed by atoms with E-state index in [1.165, 1.54) is 0 Å². The van der Waals surface area contributed by atoms with Gasteiger partial charge in [0, 0.05) is 12.2 Å². The minimum Gasteiger partial charge on any atom is -0.388 e. The van der Waals surface area contributed by atoms with Crippen LogP contribution in [0.5, 0.6) is 0 Å². The van der Waals surface area contributed by atoms with Gasteiger partial charge in [0.15, 0.2) is 0 Å². The van der Waals surface area contributed by atoms with Gasteiger partial charge in [0.1, 0.15) is 0 Å². The van der Waals surface area contributed by atoms with Crippen molar-refractivity contribution >= 4 is 5.91 Å². The number of nitrogens with zero attached hydrogens (tertiary/aromatic N) is 2. The van der Waals surface area contributed by atoms with E-state index in [-0.39, 0.29) is 12.5 Å². The third kappa shape index (κ3) is 4.06. The molecule has 1 aromatic heterocycles. The first-order valence-corrected chi connectivity index (χ1v) is 7.97. The number of amides is 1. The molecule has 0 aromatic carbocycles. The quantitative estimate of drug-likeness (QED) is 0.775. The summed E-state index contributed by atoms with van der Waals surface area (Å²) < 4.78 is 1.93. The summed E-state index contributed by atoms with van der Waals surface area (Å²) in [6.45, 7) is 10.3. The first kappa shape index (κ1) is 17.7. The van der Waals surface area contributed by atoms with E-state index in [0.717, 1.165) is 18.5 Å². The maximum atomic E-state index is 12.3. The lowest BCUT2D eigenvalue weighted by molar-refractivity contribution is 0.0314. The Hall–Kier alpha value is -1.36. The zero-order chi connectivity index (χ0) is 16.0. The number of aliphatic hydroxyl groups is 1. The number of hydrogen-bond acceptors (Lipinski definition) is 3. The molecule has 0 bridgehead atoms. The third-order valence-electron chi connectivity index (χ3n) is 4.47. The number of carbonyl (C=O) groups is 1. The Bertz CT molecular complexity index is 460. The zero-order valence-corrected chi connectivity index (χ0v) is 13.9. The highest BCUT2D eigenvalue weighted by atomic mass is 16.3. The largest absolute Gasteiger partial charge is 0.388 e. The molecule has 1 aromatic rings. The van der Waals surface area contributed by atoms with E-state index in [0.29, 0.717) is 24.4 Å². The van der Waals surface area contributed by atoms with Crippen LogP contribution in [0.25, 0.3) is 0 Å². The van der Waals surface area contributed by atoms with Crippen LogP contribution in [-0.4, -0.2) is 32.9 Å². The van der Waals surface area contributed by atoms with Crippen molar-refractivity contribution in [1.82, 2.24) is 15.1 Å². The minimum atomic E-state index is -0.824. The topological polar surface area (TPSA) is 67.2 Å². The van der Waals surface area contributed by atoms with Gasteiger partial charge in [-0.05, 0) is 32.6 Å². The van der Waals surface area contributed by atoms with Crippen LogP contribution >= 0.6 is 0 Å². The number of aromatic nitrogens is 2. The van der Waals surface area contributed by atoms with E-state index in [2.05, 4.69) is 24.3 Å². The van der Waals surface area contributed by atoms with Crippen molar-refractivity contribution in [2.45, 2.75) is 71.9 Å². The maximum absolute atomic E-state index is 12.3. The standard InChI is InChI=1S/C16H29N3O2/c1-6-13(7-2)19-12(5)14(10-18-19)15(20)17-11-16(21,8-3)9-4/h10,13,21H,6-9,11H2,1-5H3,(H,17,20). The summed E-state index contributed by atoms with van der Waals surface area (Å²) in [5.41, 5.74) is 0.656. The Morgan fingerprint density at radius 2 is 1.90 bits per heavy atom. The second kappa shape index (κ2) is 7.59. The van der Waals surface area contributed by atoms with E-state index in [1.807, 2.05) is 25.5 Å². The van der Waals surface area contributed by atoms with Crippen LogP contribution < -0.4 is 5.32 Å². The highest BCUT2D eigenvalue weighted by molar-refractivity contribution is 5.95. The Morgan fingerprint density at radius 1 is 1.33 bits per heavy atom. The van der Waals surface area contributed by atoms with E-state index < -0.39 is 5.60 Å². The Balaban J connectivity index is 2.80. The summed E-state index contributed by atoms with van der Waals surface area (Å²) in [6, 6.07) is 0.328. The molecule has 0 aliphatic carbocycles. The van der Waals surface area contributed by atoms with Crippen LogP contribution in [0.1, 0.15) is 75.5 Å². The molecule has 21 heavy (non-hydrogen) atoms. The molecular formula is C16H29N3O2. The summed E-state index contributed by atoms with van der Waals surface area (Å²) in [7, 11) is 0. The molecule has 0 atom stereocenters. The van der Waals surface area contributed by atoms with E-state index in [1.54, 1.807) is 6.20 Å². The van der Waals surface area contributed by atoms with E-state index >= 15 is 0 Å². The van der Waals surface area contributed by atoms with Crippen molar-refractivity contribution in [2.75, 3.05) is 6.54 Å². The molecule has 0 aliphatic rings. The molecule has 120 valence electrons. The number of nitrogens with one attached hydrogen (secondary N) is 1. The van der Waals surface area contributed by atoms with Gasteiger partial charge in [0.2, 0.25) is 0 Å². The molecule has 0 aliphatic heterocycles. The van der Waals surface area contributed by atoms with Gasteiger partial charge >= 0.3 is 0 Å². The lowest BCUT2D eigenvalue weighted by atomic mass is 9.97. The monoisotopic (exact) mass is 295 g/mol. The molecule has 2 N–H and O–H groups in total. The highest BCUT2D eigenvalue weighted by Crippen LogP contribution is 2.19. The molecule has 0 spiro atoms. The summed E-state index contributed by atoms with van der Waals surface area (Å²) in [4.78, 5) is 12.3. The smallest absolute Gasteiger partial charge is 0.254 e. The predicted molar refractivity (Wildman–Crippen MR) is 84.4 cm³/mol. The highest BCUT2D eigenvalue weighted by Gasteiger charge is 2.24. The van der Waals surface area contributed by atoms with Crippen molar-refractivity contribution in [2.24, 2.45) is 0 Å². The van der Waals surface area contributed by atoms with Gasteiger partial charge in [-0.25, -0.2) is 0 Å². The van der Waals surface area contributed by atoms with Crippen molar-refractivity contribution in [3.05, 3.63) is 17.5 Å². The van der Waals surface area contributed by atoms with Gasteiger partial charge in [-0.3, -0.25) is 9.48 Å².